The fourth-order valence-electron chi connectivity index (χ4n) is 8.33. The van der Waals surface area contributed by atoms with Crippen molar-refractivity contribution in [3.8, 4) is 11.5 Å². The van der Waals surface area contributed by atoms with Crippen molar-refractivity contribution in [2.24, 2.45) is 0 Å². The molecule has 67 heavy (non-hydrogen) atoms. The molecule has 13 nitrogen and oxygen atoms in total. The Morgan fingerprint density at radius 2 is 1.15 bits per heavy atom. The molecule has 0 saturated carbocycles. The Hall–Kier alpha value is -7.27. The van der Waals surface area contributed by atoms with Crippen LogP contribution in [0.25, 0.3) is 23.8 Å². The first-order valence-electron chi connectivity index (χ1n) is 22.1. The SMILES string of the molecule is O=C(O)COc1ccccc1N1CCOCCOCCN(c2ccc(C3=C4C=CC(/C=C/c5ccccc5)=[N+]4[B-](F)(F)n4c(/C=C/c5ccccc5)ccc43)cc2OCC(=O)O)CCOCC1. The zero-order valence-electron chi connectivity index (χ0n) is 36.8. The molecule has 3 aliphatic heterocycles. The van der Waals surface area contributed by atoms with Gasteiger partial charge in [-0.05, 0) is 65.2 Å². The van der Waals surface area contributed by atoms with Crippen LogP contribution in [0, 0.1) is 0 Å². The van der Waals surface area contributed by atoms with Gasteiger partial charge in [-0.3, -0.25) is 0 Å². The average Bonchev–Trinajstić information content (AvgIpc) is 3.97. The molecule has 0 unspecified atom stereocenters. The largest absolute Gasteiger partial charge is 0.737 e. The summed E-state index contributed by atoms with van der Waals surface area (Å²) in [6.45, 7) is -1.93. The minimum atomic E-state index is -4.42. The highest BCUT2D eigenvalue weighted by Crippen LogP contribution is 2.43. The van der Waals surface area contributed by atoms with Crippen LogP contribution in [0.15, 0.2) is 139 Å². The van der Waals surface area contributed by atoms with Crippen LogP contribution in [0.4, 0.5) is 20.0 Å². The van der Waals surface area contributed by atoms with Gasteiger partial charge in [0.05, 0.1) is 56.6 Å². The summed E-state index contributed by atoms with van der Waals surface area (Å²) < 4.78 is 66.5. The van der Waals surface area contributed by atoms with Crippen molar-refractivity contribution in [2.45, 2.75) is 0 Å². The van der Waals surface area contributed by atoms with E-state index in [0.717, 1.165) is 20.1 Å². The van der Waals surface area contributed by atoms with Gasteiger partial charge >= 0.3 is 18.9 Å². The maximum Gasteiger partial charge on any atom is 0.737 e. The Balaban J connectivity index is 1.13. The summed E-state index contributed by atoms with van der Waals surface area (Å²) in [6.07, 6.45) is 10.4. The Morgan fingerprint density at radius 1 is 0.612 bits per heavy atom. The average molecular weight is 913 g/mol. The molecule has 5 aromatic rings. The second kappa shape index (κ2) is 21.8. The van der Waals surface area contributed by atoms with E-state index in [9.17, 15) is 19.8 Å². The van der Waals surface area contributed by atoms with Crippen LogP contribution in [0.1, 0.15) is 28.1 Å². The van der Waals surface area contributed by atoms with Crippen molar-refractivity contribution in [1.29, 1.82) is 0 Å². The predicted octanol–water partition coefficient (Wildman–Crippen LogP) is 7.69. The number of rotatable bonds is 13. The molecule has 1 saturated heterocycles. The molecule has 16 heteroatoms. The third-order valence-electron chi connectivity index (χ3n) is 11.4. The van der Waals surface area contributed by atoms with Crippen molar-refractivity contribution in [3.63, 3.8) is 0 Å². The van der Waals surface area contributed by atoms with E-state index in [4.69, 9.17) is 23.7 Å². The normalized spacial score (nSPS) is 17.0. The highest BCUT2D eigenvalue weighted by Gasteiger charge is 2.54. The standard InChI is InChI=1S/C51H51BF2N4O9/c53-52(54)57-41(18-15-38-9-3-1-4-10-38)20-23-45(57)51(46-24-21-42(58(46)52)19-16-39-11-5-2-6-12-39)40-17-22-44(48(35-40)67-37-50(61)62)56-26-30-63-29-25-55(27-31-64-33-34-65-32-28-56)43-13-7-8-14-47(43)66-36-49(59)60/h1-24,35H,25-34,36-37H2,(H,59,60)(H,61,62)/b18-15+,19-16+. The molecule has 0 spiro atoms. The summed E-state index contributed by atoms with van der Waals surface area (Å²) in [4.78, 5) is 27.3. The smallest absolute Gasteiger partial charge is 0.480 e. The number of hydrogen-bond acceptors (Lipinski definition) is 9. The molecular formula is C51H51BF2N4O9. The molecular weight excluding hydrogens is 861 g/mol. The molecule has 3 aliphatic rings. The number of carbonyl (C=O) groups is 2. The summed E-state index contributed by atoms with van der Waals surface area (Å²) in [5, 5.41) is 19.0. The summed E-state index contributed by atoms with van der Waals surface area (Å²) >= 11 is 0. The van der Waals surface area contributed by atoms with E-state index < -0.39 is 32.1 Å². The zero-order chi connectivity index (χ0) is 46.6. The number of fused-ring (bicyclic) bond motifs is 2. The number of ether oxygens (including phenoxy) is 5. The van der Waals surface area contributed by atoms with E-state index in [1.54, 1.807) is 66.8 Å². The first-order valence-corrected chi connectivity index (χ1v) is 22.1. The van der Waals surface area contributed by atoms with Crippen LogP contribution in [-0.4, -0.2) is 123 Å². The van der Waals surface area contributed by atoms with Crippen molar-refractivity contribution in [3.05, 3.63) is 167 Å². The molecule has 0 radical (unpaired) electrons. The predicted molar refractivity (Wildman–Crippen MR) is 255 cm³/mol. The number of aromatic nitrogens is 1. The molecule has 0 atom stereocenters. The molecule has 0 amide bonds. The van der Waals surface area contributed by atoms with Crippen LogP contribution in [0.3, 0.4) is 0 Å². The van der Waals surface area contributed by atoms with Crippen molar-refractivity contribution in [1.82, 2.24) is 4.48 Å². The van der Waals surface area contributed by atoms with Gasteiger partial charge in [-0.1, -0.05) is 84.9 Å². The lowest BCUT2D eigenvalue weighted by molar-refractivity contribution is -0.360. The number of hydrogen-bond donors (Lipinski definition) is 2. The quantitative estimate of drug-likeness (QED) is 0.113. The molecule has 4 aromatic carbocycles. The molecule has 0 bridgehead atoms. The third kappa shape index (κ3) is 11.2. The molecule has 0 aliphatic carbocycles. The molecule has 2 N–H and O–H groups in total. The molecule has 8 rings (SSSR count). The molecule has 4 heterocycles. The lowest BCUT2D eigenvalue weighted by atomic mass is 9.85. The Bertz CT molecular complexity index is 2700. The van der Waals surface area contributed by atoms with E-state index in [1.807, 2.05) is 94.7 Å². The number of carboxylic acids is 2. The lowest BCUT2D eigenvalue weighted by Crippen LogP contribution is -2.51. The minimum absolute atomic E-state index is 0.241. The topological polar surface area (TPSA) is 135 Å². The number of carboxylic acid groups (broad SMARTS) is 2. The first-order chi connectivity index (χ1) is 32.7. The molecule has 1 fully saturated rings. The number of anilines is 2. The van der Waals surface area contributed by atoms with Crippen molar-refractivity contribution in [2.75, 3.05) is 88.8 Å². The maximum atomic E-state index is 17.3. The number of halogens is 2. The first kappa shape index (κ1) is 46.3. The van der Waals surface area contributed by atoms with E-state index in [-0.39, 0.29) is 12.4 Å². The number of para-hydroxylation sites is 2. The van der Waals surface area contributed by atoms with Gasteiger partial charge in [0.1, 0.15) is 11.5 Å². The summed E-state index contributed by atoms with van der Waals surface area (Å²) in [7, 11) is 0. The lowest BCUT2D eigenvalue weighted by Gasteiger charge is -2.33. The van der Waals surface area contributed by atoms with Crippen LogP contribution in [0.2, 0.25) is 0 Å². The van der Waals surface area contributed by atoms with Crippen LogP contribution >= 0.6 is 0 Å². The fraction of sp³-hybridized carbons (Fsp3) is 0.235. The maximum absolute atomic E-state index is 17.3. The minimum Gasteiger partial charge on any atom is -0.480 e. The second-order valence-electron chi connectivity index (χ2n) is 15.8. The van der Waals surface area contributed by atoms with Gasteiger partial charge in [0.2, 0.25) is 0 Å². The second-order valence-corrected chi connectivity index (χ2v) is 15.8. The van der Waals surface area contributed by atoms with Crippen molar-refractivity contribution >= 4 is 59.8 Å². The van der Waals surface area contributed by atoms with Crippen molar-refractivity contribution < 1.29 is 56.6 Å². The fourth-order valence-corrected chi connectivity index (χ4v) is 8.33. The number of aliphatic carboxylic acids is 2. The highest BCUT2D eigenvalue weighted by molar-refractivity contribution is 6.58. The van der Waals surface area contributed by atoms with E-state index in [1.165, 1.54) is 0 Å². The van der Waals surface area contributed by atoms with Gasteiger partial charge in [0.15, 0.2) is 24.6 Å². The monoisotopic (exact) mass is 912 g/mol. The van der Waals surface area contributed by atoms with Crippen LogP contribution in [-0.2, 0) is 23.8 Å². The Kier molecular flexibility index (Phi) is 15.1. The van der Waals surface area contributed by atoms with E-state index >= 15 is 8.63 Å². The number of benzene rings is 4. The molecule has 346 valence electrons. The molecule has 1 aromatic heterocycles. The van der Waals surface area contributed by atoms with E-state index in [0.29, 0.717) is 110 Å². The zero-order valence-corrected chi connectivity index (χ0v) is 36.8. The Morgan fingerprint density at radius 3 is 1.76 bits per heavy atom. The summed E-state index contributed by atoms with van der Waals surface area (Å²) in [6, 6.07) is 34.9. The van der Waals surface area contributed by atoms with Gasteiger partial charge in [0.25, 0.3) is 0 Å². The van der Waals surface area contributed by atoms with Crippen LogP contribution < -0.4 is 19.3 Å². The number of nitrogens with zero attached hydrogens (tertiary/aromatic N) is 4. The Labute approximate surface area is 387 Å². The van der Waals surface area contributed by atoms with Gasteiger partial charge in [-0.15, -0.1) is 0 Å². The highest BCUT2D eigenvalue weighted by atomic mass is 19.2. The van der Waals surface area contributed by atoms with Gasteiger partial charge in [0, 0.05) is 55.8 Å². The van der Waals surface area contributed by atoms with Gasteiger partial charge < -0.3 is 61.3 Å². The van der Waals surface area contributed by atoms with Gasteiger partial charge in [-0.25, -0.2) is 9.59 Å². The summed E-state index contributed by atoms with van der Waals surface area (Å²) in [5.74, 6) is -1.59. The number of allylic oxidation sites excluding steroid dienone is 3. The van der Waals surface area contributed by atoms with Crippen LogP contribution in [0.5, 0.6) is 11.5 Å². The third-order valence-corrected chi connectivity index (χ3v) is 11.4. The summed E-state index contributed by atoms with van der Waals surface area (Å²) in [5.41, 5.74) is 5.26. The van der Waals surface area contributed by atoms with Gasteiger partial charge in [-0.2, -0.15) is 0 Å². The van der Waals surface area contributed by atoms with E-state index in [2.05, 4.69) is 0 Å².